The van der Waals surface area contributed by atoms with E-state index in [1.165, 1.54) is 5.56 Å². The van der Waals surface area contributed by atoms with Crippen molar-refractivity contribution < 1.29 is 0 Å². The van der Waals surface area contributed by atoms with Gasteiger partial charge >= 0.3 is 0 Å². The summed E-state index contributed by atoms with van der Waals surface area (Å²) in [5.41, 5.74) is 2.45. The highest BCUT2D eigenvalue weighted by atomic mass is 79.9. The number of rotatable bonds is 6. The van der Waals surface area contributed by atoms with Crippen molar-refractivity contribution in [2.75, 3.05) is 6.54 Å². The first kappa shape index (κ1) is 16.1. The summed E-state index contributed by atoms with van der Waals surface area (Å²) >= 11 is 8.85. The van der Waals surface area contributed by atoms with Gasteiger partial charge in [-0.2, -0.15) is 0 Å². The normalized spacial score (nSPS) is 12.6. The zero-order valence-corrected chi connectivity index (χ0v) is 15.6. The molecule has 0 aliphatic rings. The van der Waals surface area contributed by atoms with Crippen LogP contribution >= 0.6 is 43.2 Å². The second-order valence-electron chi connectivity index (χ2n) is 4.77. The highest BCUT2D eigenvalue weighted by Gasteiger charge is 2.14. The Hall–Kier alpha value is -0.230. The number of hydrogen-bond donors (Lipinski definition) is 1. The maximum Gasteiger partial charge on any atom is 0.0897 e. The zero-order chi connectivity index (χ0) is 14.5. The van der Waals surface area contributed by atoms with Crippen LogP contribution in [0.1, 0.15) is 35.7 Å². The Kier molecular flexibility index (Phi) is 6.20. The first-order chi connectivity index (χ1) is 9.58. The molecule has 0 aliphatic heterocycles. The van der Waals surface area contributed by atoms with Crippen LogP contribution in [0.15, 0.2) is 32.5 Å². The van der Waals surface area contributed by atoms with Crippen LogP contribution in [-0.2, 0) is 6.42 Å². The highest BCUT2D eigenvalue weighted by Crippen LogP contribution is 2.26. The van der Waals surface area contributed by atoms with Crippen LogP contribution in [0, 0.1) is 6.92 Å². The van der Waals surface area contributed by atoms with E-state index in [2.05, 4.69) is 79.6 Å². The topological polar surface area (TPSA) is 24.9 Å². The minimum atomic E-state index is 0.297. The summed E-state index contributed by atoms with van der Waals surface area (Å²) in [6.07, 6.45) is 2.05. The van der Waals surface area contributed by atoms with Crippen LogP contribution in [-0.4, -0.2) is 11.5 Å². The van der Waals surface area contributed by atoms with E-state index >= 15 is 0 Å². The van der Waals surface area contributed by atoms with E-state index in [0.29, 0.717) is 6.04 Å². The standard InChI is InChI=1S/C15H18Br2N2S/c1-3-4-18-15(8-14-9-20-10(2)19-14)11-5-12(16)7-13(17)6-11/h5-7,9,15,18H,3-4,8H2,1-2H3. The number of thiazole rings is 1. The molecule has 1 N–H and O–H groups in total. The highest BCUT2D eigenvalue weighted by molar-refractivity contribution is 9.11. The maximum atomic E-state index is 4.58. The van der Waals surface area contributed by atoms with Crippen LogP contribution in [0.4, 0.5) is 0 Å². The van der Waals surface area contributed by atoms with Crippen molar-refractivity contribution in [2.24, 2.45) is 0 Å². The van der Waals surface area contributed by atoms with Crippen molar-refractivity contribution in [1.82, 2.24) is 10.3 Å². The average Bonchev–Trinajstić information content (AvgIpc) is 2.79. The molecule has 108 valence electrons. The van der Waals surface area contributed by atoms with Crippen LogP contribution < -0.4 is 5.32 Å². The van der Waals surface area contributed by atoms with Gasteiger partial charge in [-0.1, -0.05) is 38.8 Å². The van der Waals surface area contributed by atoms with E-state index in [9.17, 15) is 0 Å². The molecule has 0 spiro atoms. The number of nitrogens with zero attached hydrogens (tertiary/aromatic N) is 1. The number of hydrogen-bond acceptors (Lipinski definition) is 3. The smallest absolute Gasteiger partial charge is 0.0897 e. The minimum absolute atomic E-state index is 0.297. The second-order valence-corrected chi connectivity index (χ2v) is 7.67. The lowest BCUT2D eigenvalue weighted by molar-refractivity contribution is 0.525. The number of benzene rings is 1. The van der Waals surface area contributed by atoms with Crippen molar-refractivity contribution in [1.29, 1.82) is 0 Å². The lowest BCUT2D eigenvalue weighted by Gasteiger charge is -2.19. The van der Waals surface area contributed by atoms with E-state index < -0.39 is 0 Å². The number of aryl methyl sites for hydroxylation is 1. The molecule has 0 fully saturated rings. The fraction of sp³-hybridized carbons (Fsp3) is 0.400. The van der Waals surface area contributed by atoms with Gasteiger partial charge in [0.05, 0.1) is 10.7 Å². The van der Waals surface area contributed by atoms with Gasteiger partial charge in [-0.05, 0) is 43.7 Å². The summed E-state index contributed by atoms with van der Waals surface area (Å²) in [7, 11) is 0. The first-order valence-electron chi connectivity index (χ1n) is 6.69. The van der Waals surface area contributed by atoms with Gasteiger partial charge in [0.1, 0.15) is 0 Å². The molecule has 0 saturated carbocycles. The molecule has 0 radical (unpaired) electrons. The molecule has 2 nitrogen and oxygen atoms in total. The Labute approximate surface area is 141 Å². The van der Waals surface area contributed by atoms with Gasteiger partial charge in [0.15, 0.2) is 0 Å². The lowest BCUT2D eigenvalue weighted by Crippen LogP contribution is -2.24. The molecule has 0 saturated heterocycles. The van der Waals surface area contributed by atoms with Crippen molar-refractivity contribution >= 4 is 43.2 Å². The average molecular weight is 418 g/mol. The van der Waals surface area contributed by atoms with E-state index in [4.69, 9.17) is 0 Å². The molecule has 0 aliphatic carbocycles. The van der Waals surface area contributed by atoms with Gasteiger partial charge in [-0.3, -0.25) is 0 Å². The quantitative estimate of drug-likeness (QED) is 0.693. The molecular formula is C15H18Br2N2S. The first-order valence-corrected chi connectivity index (χ1v) is 9.15. The Balaban J connectivity index is 2.21. The van der Waals surface area contributed by atoms with Crippen LogP contribution in [0.2, 0.25) is 0 Å². The molecule has 0 amide bonds. The number of halogens is 2. The molecule has 1 heterocycles. The third-order valence-electron chi connectivity index (χ3n) is 3.01. The molecule has 0 bridgehead atoms. The van der Waals surface area contributed by atoms with Gasteiger partial charge in [0.2, 0.25) is 0 Å². The van der Waals surface area contributed by atoms with Crippen LogP contribution in [0.25, 0.3) is 0 Å². The summed E-state index contributed by atoms with van der Waals surface area (Å²) in [6, 6.07) is 6.72. The largest absolute Gasteiger partial charge is 0.310 e. The van der Waals surface area contributed by atoms with Gasteiger partial charge in [0, 0.05) is 26.8 Å². The van der Waals surface area contributed by atoms with Crippen molar-refractivity contribution in [3.8, 4) is 0 Å². The lowest BCUT2D eigenvalue weighted by atomic mass is 10.0. The number of aromatic nitrogens is 1. The molecule has 1 unspecified atom stereocenters. The van der Waals surface area contributed by atoms with Crippen LogP contribution in [0.3, 0.4) is 0 Å². The molecular weight excluding hydrogens is 400 g/mol. The van der Waals surface area contributed by atoms with Crippen molar-refractivity contribution in [2.45, 2.75) is 32.7 Å². The zero-order valence-electron chi connectivity index (χ0n) is 11.6. The minimum Gasteiger partial charge on any atom is -0.310 e. The number of nitrogens with one attached hydrogen (secondary N) is 1. The molecule has 1 aromatic heterocycles. The Morgan fingerprint density at radius 3 is 2.50 bits per heavy atom. The molecule has 5 heteroatoms. The Bertz CT molecular complexity index is 549. The summed E-state index contributed by atoms with van der Waals surface area (Å²) in [4.78, 5) is 4.58. The van der Waals surface area contributed by atoms with E-state index in [1.54, 1.807) is 11.3 Å². The third-order valence-corrected chi connectivity index (χ3v) is 4.75. The summed E-state index contributed by atoms with van der Waals surface area (Å²) < 4.78 is 2.19. The van der Waals surface area contributed by atoms with Crippen LogP contribution in [0.5, 0.6) is 0 Å². The molecule has 1 aromatic carbocycles. The third kappa shape index (κ3) is 4.65. The predicted molar refractivity (Wildman–Crippen MR) is 93.4 cm³/mol. The Morgan fingerprint density at radius 1 is 1.25 bits per heavy atom. The fourth-order valence-corrected chi connectivity index (χ4v) is 4.07. The molecule has 2 aromatic rings. The molecule has 2 rings (SSSR count). The molecule has 20 heavy (non-hydrogen) atoms. The summed E-state index contributed by atoms with van der Waals surface area (Å²) in [5.74, 6) is 0. The van der Waals surface area contributed by atoms with Gasteiger partial charge < -0.3 is 5.32 Å². The van der Waals surface area contributed by atoms with Gasteiger partial charge in [-0.15, -0.1) is 11.3 Å². The summed E-state index contributed by atoms with van der Waals surface area (Å²) in [5, 5.41) is 6.91. The van der Waals surface area contributed by atoms with E-state index in [0.717, 1.165) is 39.0 Å². The predicted octanol–water partition coefficient (Wildman–Crippen LogP) is 5.26. The fourth-order valence-electron chi connectivity index (χ4n) is 2.11. The van der Waals surface area contributed by atoms with Crippen molar-refractivity contribution in [3.63, 3.8) is 0 Å². The van der Waals surface area contributed by atoms with E-state index in [-0.39, 0.29) is 0 Å². The maximum absolute atomic E-state index is 4.58. The molecule has 1 atom stereocenters. The Morgan fingerprint density at radius 2 is 1.95 bits per heavy atom. The summed E-state index contributed by atoms with van der Waals surface area (Å²) in [6.45, 7) is 5.25. The SMILES string of the molecule is CCCNC(Cc1csc(C)n1)c1cc(Br)cc(Br)c1. The second kappa shape index (κ2) is 7.69. The monoisotopic (exact) mass is 416 g/mol. The van der Waals surface area contributed by atoms with Gasteiger partial charge in [-0.25, -0.2) is 4.98 Å². The van der Waals surface area contributed by atoms with E-state index in [1.807, 2.05) is 0 Å². The van der Waals surface area contributed by atoms with Gasteiger partial charge in [0.25, 0.3) is 0 Å². The van der Waals surface area contributed by atoms with Crippen molar-refractivity contribution in [3.05, 3.63) is 48.8 Å².